The van der Waals surface area contributed by atoms with Gasteiger partial charge in [0, 0.05) is 29.4 Å². The maximum atomic E-state index is 11.9. The Labute approximate surface area is 172 Å². The SMILES string of the molecule is COc1cc2nccc(Oc3ccc(NC(=O)NC4CC4)cc3C)c2cc1C(=O)O. The van der Waals surface area contributed by atoms with E-state index >= 15 is 0 Å². The van der Waals surface area contributed by atoms with E-state index in [1.54, 1.807) is 30.5 Å². The number of benzene rings is 2. The molecule has 3 aromatic rings. The van der Waals surface area contributed by atoms with Gasteiger partial charge in [-0.1, -0.05) is 0 Å². The Morgan fingerprint density at radius 3 is 2.57 bits per heavy atom. The average Bonchev–Trinajstić information content (AvgIpc) is 3.52. The first kappa shape index (κ1) is 19.5. The van der Waals surface area contributed by atoms with Crippen LogP contribution in [0.15, 0.2) is 42.6 Å². The van der Waals surface area contributed by atoms with Crippen LogP contribution in [0.1, 0.15) is 28.8 Å². The van der Waals surface area contributed by atoms with Gasteiger partial charge in [-0.15, -0.1) is 0 Å². The van der Waals surface area contributed by atoms with Gasteiger partial charge < -0.3 is 25.2 Å². The molecule has 2 aromatic carbocycles. The number of nitrogens with one attached hydrogen (secondary N) is 2. The van der Waals surface area contributed by atoms with Gasteiger partial charge in [-0.05, 0) is 55.7 Å². The number of anilines is 1. The summed E-state index contributed by atoms with van der Waals surface area (Å²) in [7, 11) is 1.41. The summed E-state index contributed by atoms with van der Waals surface area (Å²) in [4.78, 5) is 27.8. The summed E-state index contributed by atoms with van der Waals surface area (Å²) < 4.78 is 11.2. The second-order valence-corrected chi connectivity index (χ2v) is 7.14. The molecule has 1 saturated carbocycles. The molecule has 8 heteroatoms. The molecule has 0 spiro atoms. The van der Waals surface area contributed by atoms with E-state index in [-0.39, 0.29) is 23.4 Å². The number of carboxylic acid groups (broad SMARTS) is 1. The van der Waals surface area contributed by atoms with Gasteiger partial charge in [0.25, 0.3) is 0 Å². The van der Waals surface area contributed by atoms with Gasteiger partial charge in [-0.25, -0.2) is 9.59 Å². The van der Waals surface area contributed by atoms with E-state index in [4.69, 9.17) is 9.47 Å². The number of rotatable bonds is 6. The fraction of sp³-hybridized carbons (Fsp3) is 0.227. The smallest absolute Gasteiger partial charge is 0.339 e. The molecule has 1 fully saturated rings. The molecule has 0 saturated heterocycles. The number of carbonyl (C=O) groups is 2. The number of aromatic carboxylic acids is 1. The summed E-state index contributed by atoms with van der Waals surface area (Å²) in [6.45, 7) is 1.87. The minimum atomic E-state index is -1.10. The number of fused-ring (bicyclic) bond motifs is 1. The third kappa shape index (κ3) is 4.12. The Kier molecular flexibility index (Phi) is 5.14. The van der Waals surface area contributed by atoms with Gasteiger partial charge >= 0.3 is 12.0 Å². The van der Waals surface area contributed by atoms with Crippen LogP contribution >= 0.6 is 0 Å². The number of methoxy groups -OCH3 is 1. The van der Waals surface area contributed by atoms with Gasteiger partial charge in [0.15, 0.2) is 0 Å². The number of aromatic nitrogens is 1. The Hall–Kier alpha value is -3.81. The van der Waals surface area contributed by atoms with Crippen molar-refractivity contribution in [3.8, 4) is 17.2 Å². The quantitative estimate of drug-likeness (QED) is 0.561. The predicted molar refractivity (Wildman–Crippen MR) is 112 cm³/mol. The van der Waals surface area contributed by atoms with Crippen LogP contribution in [0.25, 0.3) is 10.9 Å². The number of hydrogen-bond acceptors (Lipinski definition) is 5. The predicted octanol–water partition coefficient (Wildman–Crippen LogP) is 4.33. The summed E-state index contributed by atoms with van der Waals surface area (Å²) in [5.74, 6) is 0.194. The summed E-state index contributed by atoms with van der Waals surface area (Å²) in [5, 5.41) is 15.7. The zero-order valence-corrected chi connectivity index (χ0v) is 16.6. The molecule has 0 aliphatic heterocycles. The number of aryl methyl sites for hydroxylation is 1. The molecular weight excluding hydrogens is 386 g/mol. The van der Waals surface area contributed by atoms with Crippen molar-refractivity contribution < 1.29 is 24.2 Å². The lowest BCUT2D eigenvalue weighted by Gasteiger charge is -2.14. The van der Waals surface area contributed by atoms with Crippen molar-refractivity contribution >= 4 is 28.6 Å². The Morgan fingerprint density at radius 1 is 1.10 bits per heavy atom. The highest BCUT2D eigenvalue weighted by atomic mass is 16.5. The van der Waals surface area contributed by atoms with Crippen LogP contribution in [0.4, 0.5) is 10.5 Å². The molecule has 1 heterocycles. The van der Waals surface area contributed by atoms with Crippen molar-refractivity contribution in [1.82, 2.24) is 10.3 Å². The Morgan fingerprint density at radius 2 is 1.90 bits per heavy atom. The first-order valence-electron chi connectivity index (χ1n) is 9.50. The van der Waals surface area contributed by atoms with Gasteiger partial charge in [-0.2, -0.15) is 0 Å². The maximum absolute atomic E-state index is 11.9. The molecule has 3 N–H and O–H groups in total. The highest BCUT2D eigenvalue weighted by Gasteiger charge is 2.23. The number of carbonyl (C=O) groups excluding carboxylic acids is 1. The third-order valence-electron chi connectivity index (χ3n) is 4.82. The highest BCUT2D eigenvalue weighted by Crippen LogP contribution is 2.35. The summed E-state index contributed by atoms with van der Waals surface area (Å²) >= 11 is 0. The second kappa shape index (κ2) is 7.90. The number of pyridine rings is 1. The van der Waals surface area contributed by atoms with E-state index in [0.717, 1.165) is 18.4 Å². The number of ether oxygens (including phenoxy) is 2. The second-order valence-electron chi connectivity index (χ2n) is 7.14. The number of urea groups is 1. The molecular formula is C22H21N3O5. The lowest BCUT2D eigenvalue weighted by atomic mass is 10.1. The third-order valence-corrected chi connectivity index (χ3v) is 4.82. The van der Waals surface area contributed by atoms with Crippen LogP contribution in [0.2, 0.25) is 0 Å². The van der Waals surface area contributed by atoms with Crippen LogP contribution < -0.4 is 20.1 Å². The van der Waals surface area contributed by atoms with E-state index in [2.05, 4.69) is 15.6 Å². The molecule has 0 atom stereocenters. The van der Waals surface area contributed by atoms with E-state index in [0.29, 0.717) is 28.1 Å². The van der Waals surface area contributed by atoms with E-state index in [1.807, 2.05) is 13.0 Å². The average molecular weight is 407 g/mol. The largest absolute Gasteiger partial charge is 0.496 e. The lowest BCUT2D eigenvalue weighted by molar-refractivity contribution is 0.0693. The summed E-state index contributed by atoms with van der Waals surface area (Å²) in [5.41, 5.74) is 2.06. The fourth-order valence-corrected chi connectivity index (χ4v) is 3.11. The van der Waals surface area contributed by atoms with Crippen molar-refractivity contribution in [3.63, 3.8) is 0 Å². The molecule has 4 rings (SSSR count). The van der Waals surface area contributed by atoms with Crippen molar-refractivity contribution in [1.29, 1.82) is 0 Å². The van der Waals surface area contributed by atoms with E-state index in [1.165, 1.54) is 13.2 Å². The van der Waals surface area contributed by atoms with Gasteiger partial charge in [-0.3, -0.25) is 4.98 Å². The fourth-order valence-electron chi connectivity index (χ4n) is 3.11. The number of nitrogens with zero attached hydrogens (tertiary/aromatic N) is 1. The van der Waals surface area contributed by atoms with Crippen LogP contribution in [0.5, 0.6) is 17.2 Å². The highest BCUT2D eigenvalue weighted by molar-refractivity contribution is 5.98. The molecule has 154 valence electrons. The van der Waals surface area contributed by atoms with E-state index in [9.17, 15) is 14.7 Å². The zero-order valence-electron chi connectivity index (χ0n) is 16.6. The molecule has 1 aliphatic carbocycles. The molecule has 1 aliphatic rings. The summed E-state index contributed by atoms with van der Waals surface area (Å²) in [6.07, 6.45) is 3.63. The monoisotopic (exact) mass is 407 g/mol. The van der Waals surface area contributed by atoms with E-state index < -0.39 is 5.97 Å². The van der Waals surface area contributed by atoms with Crippen LogP contribution in [-0.4, -0.2) is 35.2 Å². The van der Waals surface area contributed by atoms with Crippen LogP contribution in [-0.2, 0) is 0 Å². The van der Waals surface area contributed by atoms with Crippen molar-refractivity contribution in [2.75, 3.05) is 12.4 Å². The minimum Gasteiger partial charge on any atom is -0.496 e. The molecule has 0 unspecified atom stereocenters. The Balaban J connectivity index is 1.61. The minimum absolute atomic E-state index is 0.0285. The number of amides is 2. The van der Waals surface area contributed by atoms with Crippen LogP contribution in [0.3, 0.4) is 0 Å². The van der Waals surface area contributed by atoms with Crippen molar-refractivity contribution in [2.24, 2.45) is 0 Å². The normalized spacial score (nSPS) is 13.0. The zero-order chi connectivity index (χ0) is 21.3. The molecule has 8 nitrogen and oxygen atoms in total. The van der Waals surface area contributed by atoms with Gasteiger partial charge in [0.2, 0.25) is 0 Å². The molecule has 0 radical (unpaired) electrons. The first-order valence-corrected chi connectivity index (χ1v) is 9.50. The molecule has 30 heavy (non-hydrogen) atoms. The maximum Gasteiger partial charge on any atom is 0.339 e. The van der Waals surface area contributed by atoms with Crippen LogP contribution in [0, 0.1) is 6.92 Å². The van der Waals surface area contributed by atoms with Gasteiger partial charge in [0.1, 0.15) is 22.8 Å². The summed E-state index contributed by atoms with van der Waals surface area (Å²) in [6, 6.07) is 10.1. The number of carboxylic acids is 1. The molecule has 1 aromatic heterocycles. The standard InChI is InChI=1S/C22H21N3O5/c1-12-9-14(25-22(28)24-13-3-4-13)5-6-18(12)30-19-7-8-23-17-11-20(29-2)16(21(26)27)10-15(17)19/h5-11,13H,3-4H2,1-2H3,(H,26,27)(H2,24,25,28). The molecule has 0 bridgehead atoms. The topological polar surface area (TPSA) is 110 Å². The lowest BCUT2D eigenvalue weighted by Crippen LogP contribution is -2.30. The van der Waals surface area contributed by atoms with Crippen molar-refractivity contribution in [2.45, 2.75) is 25.8 Å². The Bertz CT molecular complexity index is 1140. The van der Waals surface area contributed by atoms with Crippen molar-refractivity contribution in [3.05, 3.63) is 53.7 Å². The number of hydrogen-bond donors (Lipinski definition) is 3. The van der Waals surface area contributed by atoms with Gasteiger partial charge in [0.05, 0.1) is 12.6 Å². The molecule has 2 amide bonds. The first-order chi connectivity index (χ1) is 14.4.